The van der Waals surface area contributed by atoms with Crippen molar-refractivity contribution in [2.75, 3.05) is 0 Å². The number of carbonyl (C=O) groups is 1. The molecule has 4 heteroatoms. The number of fused-ring (bicyclic) bond motifs is 1. The third kappa shape index (κ3) is 1.55. The van der Waals surface area contributed by atoms with Crippen LogP contribution in [0.3, 0.4) is 0 Å². The monoisotopic (exact) mass is 238 g/mol. The number of nitrogens with zero attached hydrogens (tertiary/aromatic N) is 2. The van der Waals surface area contributed by atoms with Gasteiger partial charge in [0.2, 0.25) is 0 Å². The molecule has 4 nitrogen and oxygen atoms in total. The third-order valence-electron chi connectivity index (χ3n) is 2.83. The lowest BCUT2D eigenvalue weighted by atomic mass is 10.2. The Morgan fingerprint density at radius 2 is 1.89 bits per heavy atom. The topological polar surface area (TPSA) is 55.1 Å². The molecule has 0 saturated heterocycles. The molecule has 0 fully saturated rings. The Bertz CT molecular complexity index is 717. The van der Waals surface area contributed by atoms with Crippen LogP contribution in [0.4, 0.5) is 0 Å². The van der Waals surface area contributed by atoms with Gasteiger partial charge in [-0.15, -0.1) is 0 Å². The van der Waals surface area contributed by atoms with Crippen molar-refractivity contribution in [3.63, 3.8) is 0 Å². The van der Waals surface area contributed by atoms with Gasteiger partial charge < -0.3 is 9.67 Å². The molecule has 0 amide bonds. The van der Waals surface area contributed by atoms with Gasteiger partial charge in [0, 0.05) is 23.5 Å². The average Bonchev–Trinajstić information content (AvgIpc) is 2.79. The highest BCUT2D eigenvalue weighted by Gasteiger charge is 2.15. The van der Waals surface area contributed by atoms with Crippen LogP contribution < -0.4 is 0 Å². The minimum absolute atomic E-state index is 0.266. The fourth-order valence-corrected chi connectivity index (χ4v) is 2.01. The number of hydrogen-bond donors (Lipinski definition) is 1. The number of para-hydroxylation sites is 1. The van der Waals surface area contributed by atoms with Gasteiger partial charge in [-0.25, -0.2) is 9.78 Å². The molecule has 18 heavy (non-hydrogen) atoms. The highest BCUT2D eigenvalue weighted by molar-refractivity contribution is 6.02. The number of hydrogen-bond acceptors (Lipinski definition) is 2. The summed E-state index contributed by atoms with van der Waals surface area (Å²) < 4.78 is 1.79. The number of pyridine rings is 1. The lowest BCUT2D eigenvalue weighted by Crippen LogP contribution is -1.94. The van der Waals surface area contributed by atoms with E-state index in [1.165, 1.54) is 0 Å². The van der Waals surface area contributed by atoms with Crippen molar-refractivity contribution in [3.05, 3.63) is 60.4 Å². The van der Waals surface area contributed by atoms with Crippen molar-refractivity contribution in [1.29, 1.82) is 0 Å². The summed E-state index contributed by atoms with van der Waals surface area (Å²) in [4.78, 5) is 15.5. The molecule has 0 aliphatic carbocycles. The Morgan fingerprint density at radius 1 is 1.11 bits per heavy atom. The molecule has 0 aliphatic rings. The van der Waals surface area contributed by atoms with Crippen molar-refractivity contribution in [3.8, 4) is 5.69 Å². The Balaban J connectivity index is 2.34. The Kier molecular flexibility index (Phi) is 2.34. The molecule has 2 aromatic heterocycles. The van der Waals surface area contributed by atoms with Gasteiger partial charge in [-0.2, -0.15) is 0 Å². The first kappa shape index (κ1) is 10.5. The van der Waals surface area contributed by atoms with Crippen LogP contribution >= 0.6 is 0 Å². The SMILES string of the molecule is O=C(O)c1cn(-c2ccccc2)c2ncccc12. The summed E-state index contributed by atoms with van der Waals surface area (Å²) in [5, 5.41) is 9.85. The van der Waals surface area contributed by atoms with E-state index in [4.69, 9.17) is 0 Å². The fraction of sp³-hybridized carbons (Fsp3) is 0. The minimum atomic E-state index is -0.942. The number of aromatic nitrogens is 2. The third-order valence-corrected chi connectivity index (χ3v) is 2.83. The van der Waals surface area contributed by atoms with Gasteiger partial charge in [-0.05, 0) is 24.3 Å². The van der Waals surface area contributed by atoms with Crippen LogP contribution in [-0.2, 0) is 0 Å². The Hall–Kier alpha value is -2.62. The molecule has 1 N–H and O–H groups in total. The van der Waals surface area contributed by atoms with E-state index in [-0.39, 0.29) is 5.56 Å². The van der Waals surface area contributed by atoms with E-state index in [1.807, 2.05) is 30.3 Å². The highest BCUT2D eigenvalue weighted by Crippen LogP contribution is 2.22. The second-order valence-electron chi connectivity index (χ2n) is 3.93. The lowest BCUT2D eigenvalue weighted by molar-refractivity contribution is 0.0699. The molecule has 1 aromatic carbocycles. The lowest BCUT2D eigenvalue weighted by Gasteiger charge is -2.03. The molecule has 3 rings (SSSR count). The first-order valence-corrected chi connectivity index (χ1v) is 5.52. The van der Waals surface area contributed by atoms with Gasteiger partial charge in [-0.1, -0.05) is 18.2 Å². The highest BCUT2D eigenvalue weighted by atomic mass is 16.4. The molecular weight excluding hydrogens is 228 g/mol. The van der Waals surface area contributed by atoms with E-state index in [9.17, 15) is 9.90 Å². The van der Waals surface area contributed by atoms with Crippen LogP contribution in [-0.4, -0.2) is 20.6 Å². The minimum Gasteiger partial charge on any atom is -0.478 e. The molecule has 0 radical (unpaired) electrons. The number of carboxylic acid groups (broad SMARTS) is 1. The van der Waals surface area contributed by atoms with Crippen molar-refractivity contribution in [2.24, 2.45) is 0 Å². The van der Waals surface area contributed by atoms with Gasteiger partial charge in [0.1, 0.15) is 5.65 Å². The van der Waals surface area contributed by atoms with Crippen LogP contribution in [0.5, 0.6) is 0 Å². The molecular formula is C14H10N2O2. The maximum atomic E-state index is 11.2. The zero-order valence-electron chi connectivity index (χ0n) is 9.45. The van der Waals surface area contributed by atoms with E-state index in [0.717, 1.165) is 5.69 Å². The van der Waals surface area contributed by atoms with Crippen LogP contribution in [0, 0.1) is 0 Å². The standard InChI is InChI=1S/C14H10N2O2/c17-14(18)12-9-16(10-5-2-1-3-6-10)13-11(12)7-4-8-15-13/h1-9H,(H,17,18). The summed E-state index contributed by atoms with van der Waals surface area (Å²) in [5.74, 6) is -0.942. The molecule has 0 saturated carbocycles. The second-order valence-corrected chi connectivity index (χ2v) is 3.93. The predicted octanol–water partition coefficient (Wildman–Crippen LogP) is 2.72. The van der Waals surface area contributed by atoms with Crippen molar-refractivity contribution < 1.29 is 9.90 Å². The van der Waals surface area contributed by atoms with Crippen LogP contribution in [0.1, 0.15) is 10.4 Å². The smallest absolute Gasteiger partial charge is 0.337 e. The van der Waals surface area contributed by atoms with E-state index in [1.54, 1.807) is 29.1 Å². The largest absolute Gasteiger partial charge is 0.478 e. The van der Waals surface area contributed by atoms with E-state index in [0.29, 0.717) is 11.0 Å². The average molecular weight is 238 g/mol. The van der Waals surface area contributed by atoms with Crippen LogP contribution in [0.25, 0.3) is 16.7 Å². The maximum Gasteiger partial charge on any atom is 0.337 e. The summed E-state index contributed by atoms with van der Waals surface area (Å²) in [5.41, 5.74) is 1.82. The zero-order chi connectivity index (χ0) is 12.5. The molecule has 0 atom stereocenters. The van der Waals surface area contributed by atoms with Gasteiger partial charge in [0.15, 0.2) is 0 Å². The van der Waals surface area contributed by atoms with Crippen LogP contribution in [0.15, 0.2) is 54.9 Å². The second kappa shape index (κ2) is 4.00. The van der Waals surface area contributed by atoms with Crippen LogP contribution in [0.2, 0.25) is 0 Å². The number of carboxylic acids is 1. The molecule has 0 bridgehead atoms. The maximum absolute atomic E-state index is 11.2. The van der Waals surface area contributed by atoms with Gasteiger partial charge in [0.05, 0.1) is 5.56 Å². The summed E-state index contributed by atoms with van der Waals surface area (Å²) in [7, 11) is 0. The van der Waals surface area contributed by atoms with Gasteiger partial charge >= 0.3 is 5.97 Å². The number of benzene rings is 1. The predicted molar refractivity (Wildman–Crippen MR) is 68.0 cm³/mol. The van der Waals surface area contributed by atoms with E-state index >= 15 is 0 Å². The Morgan fingerprint density at radius 3 is 2.61 bits per heavy atom. The number of aromatic carboxylic acids is 1. The Labute approximate surface area is 103 Å². The van der Waals surface area contributed by atoms with Gasteiger partial charge in [0.25, 0.3) is 0 Å². The molecule has 0 aliphatic heterocycles. The summed E-state index contributed by atoms with van der Waals surface area (Å²) in [6.45, 7) is 0. The van der Waals surface area contributed by atoms with Crippen molar-refractivity contribution in [1.82, 2.24) is 9.55 Å². The van der Waals surface area contributed by atoms with Gasteiger partial charge in [-0.3, -0.25) is 0 Å². The van der Waals surface area contributed by atoms with E-state index < -0.39 is 5.97 Å². The van der Waals surface area contributed by atoms with E-state index in [2.05, 4.69) is 4.98 Å². The molecule has 2 heterocycles. The molecule has 0 spiro atoms. The number of rotatable bonds is 2. The normalized spacial score (nSPS) is 10.7. The summed E-state index contributed by atoms with van der Waals surface area (Å²) in [6.07, 6.45) is 3.27. The van der Waals surface area contributed by atoms with Crippen molar-refractivity contribution >= 4 is 17.0 Å². The van der Waals surface area contributed by atoms with Crippen molar-refractivity contribution in [2.45, 2.75) is 0 Å². The molecule has 88 valence electrons. The first-order valence-electron chi connectivity index (χ1n) is 5.52. The first-order chi connectivity index (χ1) is 8.77. The molecule has 0 unspecified atom stereocenters. The zero-order valence-corrected chi connectivity index (χ0v) is 9.45. The summed E-state index contributed by atoms with van der Waals surface area (Å²) >= 11 is 0. The molecule has 3 aromatic rings. The fourth-order valence-electron chi connectivity index (χ4n) is 2.01. The quantitative estimate of drug-likeness (QED) is 0.746. The summed E-state index contributed by atoms with van der Waals surface area (Å²) in [6, 6.07) is 13.1.